The zero-order valence-corrected chi connectivity index (χ0v) is 21.7. The molecule has 3 amide bonds. The Kier molecular flexibility index (Phi) is 8.08. The number of carbonyl (C=O) groups is 3. The van der Waals surface area contributed by atoms with Crippen LogP contribution in [0.3, 0.4) is 0 Å². The lowest BCUT2D eigenvalue weighted by Crippen LogP contribution is -2.62. The molecule has 194 valence electrons. The maximum atomic E-state index is 13.2. The van der Waals surface area contributed by atoms with Crippen LogP contribution in [0, 0.1) is 6.92 Å². The predicted octanol–water partition coefficient (Wildman–Crippen LogP) is 2.35. The molecular weight excluding hydrogens is 456 g/mol. The van der Waals surface area contributed by atoms with Crippen molar-refractivity contribution >= 4 is 17.7 Å². The zero-order valence-electron chi connectivity index (χ0n) is 21.7. The number of hydrogen-bond acceptors (Lipinski definition) is 5. The molecule has 2 aliphatic rings. The molecule has 1 saturated heterocycles. The van der Waals surface area contributed by atoms with Gasteiger partial charge >= 0.3 is 0 Å². The molecule has 0 spiro atoms. The number of fused-ring (bicyclic) bond motifs is 1. The standard InChI is InChI=1S/C27H38N6O3/c1-20-9-11-21(12-10-20)18-29-26(36)27(2)19-33-23(25(35)31(27)3)17-22(30-33)24(34)28-13-8-16-32-14-6-4-5-7-15-32/h9-12,17H,4-8,13-16,18-19H2,1-3H3,(H,28,34)(H,29,36)/t27-/m0/s1. The van der Waals surface area contributed by atoms with Crippen molar-refractivity contribution in [3.8, 4) is 0 Å². The average Bonchev–Trinajstić information content (AvgIpc) is 3.12. The van der Waals surface area contributed by atoms with Crippen LogP contribution in [-0.4, -0.2) is 76.1 Å². The number of benzene rings is 1. The molecule has 2 aliphatic heterocycles. The maximum absolute atomic E-state index is 13.2. The van der Waals surface area contributed by atoms with Gasteiger partial charge in [0.1, 0.15) is 11.2 Å². The molecule has 1 atom stereocenters. The van der Waals surface area contributed by atoms with Crippen LogP contribution in [0.15, 0.2) is 30.3 Å². The molecule has 9 heteroatoms. The van der Waals surface area contributed by atoms with Crippen molar-refractivity contribution in [1.82, 2.24) is 30.2 Å². The SMILES string of the molecule is Cc1ccc(CNC(=O)[C@]2(C)Cn3nc(C(=O)NCCCN4CCCCCC4)cc3C(=O)N2C)cc1. The van der Waals surface area contributed by atoms with Crippen LogP contribution in [0.4, 0.5) is 0 Å². The summed E-state index contributed by atoms with van der Waals surface area (Å²) in [4.78, 5) is 42.9. The van der Waals surface area contributed by atoms with Crippen molar-refractivity contribution in [3.63, 3.8) is 0 Å². The third kappa shape index (κ3) is 5.78. The minimum atomic E-state index is -1.12. The van der Waals surface area contributed by atoms with E-state index in [2.05, 4.69) is 20.6 Å². The molecule has 2 N–H and O–H groups in total. The number of carbonyl (C=O) groups excluding carboxylic acids is 3. The summed E-state index contributed by atoms with van der Waals surface area (Å²) >= 11 is 0. The van der Waals surface area contributed by atoms with Gasteiger partial charge in [0.05, 0.1) is 6.54 Å². The van der Waals surface area contributed by atoms with Crippen LogP contribution < -0.4 is 10.6 Å². The molecular formula is C27H38N6O3. The van der Waals surface area contributed by atoms with Crippen molar-refractivity contribution in [1.29, 1.82) is 0 Å². The van der Waals surface area contributed by atoms with Crippen LogP contribution in [0.5, 0.6) is 0 Å². The number of nitrogens with zero attached hydrogens (tertiary/aromatic N) is 4. The molecule has 3 heterocycles. The van der Waals surface area contributed by atoms with Gasteiger partial charge in [-0.3, -0.25) is 19.1 Å². The molecule has 0 unspecified atom stereocenters. The second-order valence-corrected chi connectivity index (χ2v) is 10.2. The lowest BCUT2D eigenvalue weighted by atomic mass is 9.95. The normalized spacial score (nSPS) is 20.5. The molecule has 2 aromatic rings. The van der Waals surface area contributed by atoms with E-state index in [-0.39, 0.29) is 30.0 Å². The largest absolute Gasteiger partial charge is 0.351 e. The molecule has 0 bridgehead atoms. The van der Waals surface area contributed by atoms with E-state index >= 15 is 0 Å². The van der Waals surface area contributed by atoms with Gasteiger partial charge in [-0.2, -0.15) is 5.10 Å². The third-order valence-electron chi connectivity index (χ3n) is 7.43. The first kappa shape index (κ1) is 25.9. The Hall–Kier alpha value is -3.20. The Balaban J connectivity index is 1.34. The summed E-state index contributed by atoms with van der Waals surface area (Å²) < 4.78 is 1.49. The fourth-order valence-electron chi connectivity index (χ4n) is 4.87. The maximum Gasteiger partial charge on any atom is 0.272 e. The summed E-state index contributed by atoms with van der Waals surface area (Å²) in [6.45, 7) is 8.08. The van der Waals surface area contributed by atoms with E-state index in [4.69, 9.17) is 0 Å². The first-order chi connectivity index (χ1) is 17.3. The number of rotatable bonds is 8. The second-order valence-electron chi connectivity index (χ2n) is 10.2. The number of likely N-dealkylation sites (N-methyl/N-ethyl adjacent to an activating group) is 1. The number of nitrogens with one attached hydrogen (secondary N) is 2. The summed E-state index contributed by atoms with van der Waals surface area (Å²) in [5.41, 5.74) is 1.53. The number of hydrogen-bond donors (Lipinski definition) is 2. The van der Waals surface area contributed by atoms with Crippen molar-refractivity contribution in [2.45, 2.75) is 64.6 Å². The van der Waals surface area contributed by atoms with Gasteiger partial charge in [-0.15, -0.1) is 0 Å². The van der Waals surface area contributed by atoms with Crippen LogP contribution in [-0.2, 0) is 17.9 Å². The van der Waals surface area contributed by atoms with Crippen molar-refractivity contribution in [2.75, 3.05) is 33.2 Å². The average molecular weight is 495 g/mol. The summed E-state index contributed by atoms with van der Waals surface area (Å²) in [6.07, 6.45) is 5.98. The lowest BCUT2D eigenvalue weighted by Gasteiger charge is -2.40. The molecule has 0 radical (unpaired) electrons. The van der Waals surface area contributed by atoms with Crippen LogP contribution in [0.1, 0.15) is 71.1 Å². The Morgan fingerprint density at radius 3 is 2.44 bits per heavy atom. The number of likely N-dealkylation sites (tertiary alicyclic amines) is 1. The molecule has 9 nitrogen and oxygen atoms in total. The Labute approximate surface area is 213 Å². The van der Waals surface area contributed by atoms with Gasteiger partial charge in [0.25, 0.3) is 11.8 Å². The van der Waals surface area contributed by atoms with E-state index in [0.29, 0.717) is 18.8 Å². The van der Waals surface area contributed by atoms with E-state index in [1.165, 1.54) is 41.3 Å². The molecule has 0 aliphatic carbocycles. The molecule has 1 aromatic heterocycles. The molecule has 36 heavy (non-hydrogen) atoms. The molecule has 4 rings (SSSR count). The van der Waals surface area contributed by atoms with Gasteiger partial charge in [-0.05, 0) is 58.3 Å². The minimum absolute atomic E-state index is 0.173. The summed E-state index contributed by atoms with van der Waals surface area (Å²) in [7, 11) is 1.62. The van der Waals surface area contributed by atoms with Crippen LogP contribution >= 0.6 is 0 Å². The van der Waals surface area contributed by atoms with E-state index in [0.717, 1.165) is 37.2 Å². The van der Waals surface area contributed by atoms with Crippen molar-refractivity contribution in [3.05, 3.63) is 52.8 Å². The number of aromatic nitrogens is 2. The van der Waals surface area contributed by atoms with Crippen LogP contribution in [0.25, 0.3) is 0 Å². The van der Waals surface area contributed by atoms with Gasteiger partial charge < -0.3 is 20.4 Å². The second kappa shape index (κ2) is 11.2. The Morgan fingerprint density at radius 1 is 1.06 bits per heavy atom. The van der Waals surface area contributed by atoms with Crippen molar-refractivity contribution in [2.24, 2.45) is 0 Å². The highest BCUT2D eigenvalue weighted by Crippen LogP contribution is 2.26. The molecule has 1 fully saturated rings. The van der Waals surface area contributed by atoms with Gasteiger partial charge in [0.15, 0.2) is 5.69 Å². The smallest absolute Gasteiger partial charge is 0.272 e. The van der Waals surface area contributed by atoms with E-state index < -0.39 is 5.54 Å². The van der Waals surface area contributed by atoms with Gasteiger partial charge in [-0.1, -0.05) is 42.7 Å². The summed E-state index contributed by atoms with van der Waals surface area (Å²) in [5, 5.41) is 10.3. The lowest BCUT2D eigenvalue weighted by molar-refractivity contribution is -0.132. The predicted molar refractivity (Wildman–Crippen MR) is 138 cm³/mol. The molecule has 0 saturated carbocycles. The number of aryl methyl sites for hydroxylation is 1. The Bertz CT molecular complexity index is 1090. The summed E-state index contributed by atoms with van der Waals surface area (Å²) in [6, 6.07) is 9.46. The zero-order chi connectivity index (χ0) is 25.7. The fourth-order valence-corrected chi connectivity index (χ4v) is 4.87. The highest BCUT2D eigenvalue weighted by Gasteiger charge is 2.46. The first-order valence-corrected chi connectivity index (χ1v) is 13.0. The van der Waals surface area contributed by atoms with Gasteiger partial charge in [-0.25, -0.2) is 0 Å². The van der Waals surface area contributed by atoms with E-state index in [9.17, 15) is 14.4 Å². The van der Waals surface area contributed by atoms with E-state index in [1.54, 1.807) is 14.0 Å². The molecule has 1 aromatic carbocycles. The highest BCUT2D eigenvalue weighted by molar-refractivity contribution is 6.01. The summed E-state index contributed by atoms with van der Waals surface area (Å²) in [5.74, 6) is -0.893. The third-order valence-corrected chi connectivity index (χ3v) is 7.43. The minimum Gasteiger partial charge on any atom is -0.351 e. The van der Waals surface area contributed by atoms with E-state index in [1.807, 2.05) is 31.2 Å². The van der Waals surface area contributed by atoms with Crippen molar-refractivity contribution < 1.29 is 14.4 Å². The first-order valence-electron chi connectivity index (χ1n) is 13.0. The Morgan fingerprint density at radius 2 is 1.75 bits per heavy atom. The highest BCUT2D eigenvalue weighted by atomic mass is 16.2. The van der Waals surface area contributed by atoms with Gasteiger partial charge in [0, 0.05) is 26.2 Å². The topological polar surface area (TPSA) is 99.6 Å². The monoisotopic (exact) mass is 494 g/mol. The van der Waals surface area contributed by atoms with Gasteiger partial charge in [0.2, 0.25) is 5.91 Å². The van der Waals surface area contributed by atoms with Crippen LogP contribution in [0.2, 0.25) is 0 Å². The number of amides is 3. The fraction of sp³-hybridized carbons (Fsp3) is 0.556. The quantitative estimate of drug-likeness (QED) is 0.549.